The third-order valence-electron chi connectivity index (χ3n) is 3.04. The standard InChI is InChI=1S/C13H19NO3S/c15-9-13(8-11-4-2-1-3-5-11)14-18(16,17)10-12-6-7-12/h1-5,12-15H,6-10H2/t13-/m1/s1. The van der Waals surface area contributed by atoms with Crippen LogP contribution >= 0.6 is 0 Å². The topological polar surface area (TPSA) is 66.4 Å². The zero-order chi connectivity index (χ0) is 13.0. The molecule has 0 amide bonds. The maximum Gasteiger partial charge on any atom is 0.212 e. The number of benzene rings is 1. The third-order valence-corrected chi connectivity index (χ3v) is 4.65. The molecule has 0 bridgehead atoms. The van der Waals surface area contributed by atoms with Crippen molar-refractivity contribution in [2.45, 2.75) is 25.3 Å². The molecule has 1 aromatic rings. The molecule has 1 saturated carbocycles. The van der Waals surface area contributed by atoms with Crippen LogP contribution in [0.15, 0.2) is 30.3 Å². The van der Waals surface area contributed by atoms with Crippen LogP contribution in [0.5, 0.6) is 0 Å². The van der Waals surface area contributed by atoms with Crippen LogP contribution in [0.3, 0.4) is 0 Å². The molecule has 1 aliphatic rings. The Labute approximate surface area is 108 Å². The molecule has 4 nitrogen and oxygen atoms in total. The van der Waals surface area contributed by atoms with Crippen molar-refractivity contribution in [1.29, 1.82) is 0 Å². The lowest BCUT2D eigenvalue weighted by Gasteiger charge is -2.16. The number of sulfonamides is 1. The first kappa shape index (κ1) is 13.5. The summed E-state index contributed by atoms with van der Waals surface area (Å²) in [6, 6.07) is 9.14. The van der Waals surface area contributed by atoms with Crippen LogP contribution in [-0.4, -0.2) is 31.9 Å². The van der Waals surface area contributed by atoms with Gasteiger partial charge in [-0.2, -0.15) is 0 Å². The fraction of sp³-hybridized carbons (Fsp3) is 0.538. The molecule has 0 spiro atoms. The lowest BCUT2D eigenvalue weighted by atomic mass is 10.1. The van der Waals surface area contributed by atoms with Gasteiger partial charge in [0.25, 0.3) is 0 Å². The van der Waals surface area contributed by atoms with Gasteiger partial charge in [0.1, 0.15) is 0 Å². The van der Waals surface area contributed by atoms with Crippen molar-refractivity contribution in [3.63, 3.8) is 0 Å². The molecule has 0 aromatic heterocycles. The minimum Gasteiger partial charge on any atom is -0.395 e. The Morgan fingerprint density at radius 1 is 1.28 bits per heavy atom. The van der Waals surface area contributed by atoms with E-state index < -0.39 is 16.1 Å². The molecule has 0 saturated heterocycles. The monoisotopic (exact) mass is 269 g/mol. The van der Waals surface area contributed by atoms with E-state index in [1.54, 1.807) is 0 Å². The van der Waals surface area contributed by atoms with Gasteiger partial charge in [0.05, 0.1) is 12.4 Å². The Morgan fingerprint density at radius 2 is 1.94 bits per heavy atom. The van der Waals surface area contributed by atoms with E-state index in [0.29, 0.717) is 12.3 Å². The Kier molecular flexibility index (Phi) is 4.37. The van der Waals surface area contributed by atoms with Crippen LogP contribution < -0.4 is 4.72 Å². The summed E-state index contributed by atoms with van der Waals surface area (Å²) in [5.41, 5.74) is 1.02. The fourth-order valence-corrected chi connectivity index (χ4v) is 3.65. The third kappa shape index (κ3) is 4.40. The van der Waals surface area contributed by atoms with Gasteiger partial charge in [0.2, 0.25) is 10.0 Å². The van der Waals surface area contributed by atoms with Gasteiger partial charge in [-0.3, -0.25) is 0 Å². The van der Waals surface area contributed by atoms with Crippen LogP contribution in [-0.2, 0) is 16.4 Å². The molecule has 2 N–H and O–H groups in total. The first-order valence-corrected chi connectivity index (χ1v) is 7.89. The SMILES string of the molecule is O=S(=O)(CC1CC1)N[C@@H](CO)Cc1ccccc1. The minimum atomic E-state index is -3.26. The van der Waals surface area contributed by atoms with Crippen molar-refractivity contribution >= 4 is 10.0 Å². The molecular weight excluding hydrogens is 250 g/mol. The van der Waals surface area contributed by atoms with Crippen LogP contribution in [0.2, 0.25) is 0 Å². The van der Waals surface area contributed by atoms with Gasteiger partial charge in [0, 0.05) is 6.04 Å². The Morgan fingerprint density at radius 3 is 2.50 bits per heavy atom. The molecule has 5 heteroatoms. The molecule has 1 fully saturated rings. The van der Waals surface area contributed by atoms with Gasteiger partial charge in [-0.25, -0.2) is 13.1 Å². The summed E-state index contributed by atoms with van der Waals surface area (Å²) >= 11 is 0. The van der Waals surface area contributed by atoms with E-state index in [1.807, 2.05) is 30.3 Å². The van der Waals surface area contributed by atoms with E-state index >= 15 is 0 Å². The van der Waals surface area contributed by atoms with E-state index in [2.05, 4.69) is 4.72 Å². The average molecular weight is 269 g/mol. The maximum absolute atomic E-state index is 11.8. The van der Waals surface area contributed by atoms with Crippen molar-refractivity contribution in [2.75, 3.05) is 12.4 Å². The first-order chi connectivity index (χ1) is 8.59. The molecule has 1 aliphatic carbocycles. The summed E-state index contributed by atoms with van der Waals surface area (Å²) in [6.07, 6.45) is 2.52. The average Bonchev–Trinajstić information content (AvgIpc) is 3.12. The van der Waals surface area contributed by atoms with Crippen LogP contribution in [0.4, 0.5) is 0 Å². The quantitative estimate of drug-likeness (QED) is 0.773. The fourth-order valence-electron chi connectivity index (χ4n) is 1.94. The summed E-state index contributed by atoms with van der Waals surface area (Å²) in [5.74, 6) is 0.511. The van der Waals surface area contributed by atoms with E-state index in [0.717, 1.165) is 18.4 Å². The number of hydrogen-bond donors (Lipinski definition) is 2. The van der Waals surface area contributed by atoms with Gasteiger partial charge < -0.3 is 5.11 Å². The van der Waals surface area contributed by atoms with Crippen LogP contribution in [0.25, 0.3) is 0 Å². The summed E-state index contributed by atoms with van der Waals surface area (Å²) in [7, 11) is -3.26. The van der Waals surface area contributed by atoms with E-state index in [1.165, 1.54) is 0 Å². The highest BCUT2D eigenvalue weighted by molar-refractivity contribution is 7.89. The molecule has 1 aromatic carbocycles. The van der Waals surface area contributed by atoms with Crippen molar-refractivity contribution in [3.05, 3.63) is 35.9 Å². The smallest absolute Gasteiger partial charge is 0.212 e. The predicted molar refractivity (Wildman–Crippen MR) is 70.7 cm³/mol. The predicted octanol–water partition coefficient (Wildman–Crippen LogP) is 0.919. The van der Waals surface area contributed by atoms with Crippen molar-refractivity contribution in [2.24, 2.45) is 5.92 Å². The maximum atomic E-state index is 11.8. The van der Waals surface area contributed by atoms with Crippen LogP contribution in [0, 0.1) is 5.92 Å². The van der Waals surface area contributed by atoms with E-state index in [9.17, 15) is 13.5 Å². The molecular formula is C13H19NO3S. The van der Waals surface area contributed by atoms with Gasteiger partial charge in [-0.05, 0) is 30.7 Å². The van der Waals surface area contributed by atoms with Crippen molar-refractivity contribution in [1.82, 2.24) is 4.72 Å². The zero-order valence-corrected chi connectivity index (χ0v) is 11.1. The van der Waals surface area contributed by atoms with Gasteiger partial charge in [-0.1, -0.05) is 30.3 Å². The number of nitrogens with one attached hydrogen (secondary N) is 1. The summed E-state index contributed by atoms with van der Waals surface area (Å²) < 4.78 is 26.2. The van der Waals surface area contributed by atoms with Gasteiger partial charge in [-0.15, -0.1) is 0 Å². The Balaban J connectivity index is 1.92. The normalized spacial score (nSPS) is 17.6. The molecule has 0 radical (unpaired) electrons. The Hall–Kier alpha value is -0.910. The van der Waals surface area contributed by atoms with Gasteiger partial charge in [0.15, 0.2) is 0 Å². The van der Waals surface area contributed by atoms with Gasteiger partial charge >= 0.3 is 0 Å². The molecule has 0 unspecified atom stereocenters. The molecule has 1 atom stereocenters. The van der Waals surface area contributed by atoms with E-state index in [4.69, 9.17) is 0 Å². The highest BCUT2D eigenvalue weighted by Gasteiger charge is 2.29. The van der Waals surface area contributed by atoms with E-state index in [-0.39, 0.29) is 12.4 Å². The lowest BCUT2D eigenvalue weighted by molar-refractivity contribution is 0.256. The summed E-state index contributed by atoms with van der Waals surface area (Å²) in [4.78, 5) is 0. The van der Waals surface area contributed by atoms with Crippen molar-refractivity contribution in [3.8, 4) is 0 Å². The zero-order valence-electron chi connectivity index (χ0n) is 10.2. The number of aliphatic hydroxyl groups is 1. The van der Waals surface area contributed by atoms with Crippen molar-refractivity contribution < 1.29 is 13.5 Å². The summed E-state index contributed by atoms with van der Waals surface area (Å²) in [6.45, 7) is -0.182. The minimum absolute atomic E-state index is 0.182. The second-order valence-electron chi connectivity index (χ2n) is 4.91. The number of rotatable bonds is 7. The highest BCUT2D eigenvalue weighted by atomic mass is 32.2. The highest BCUT2D eigenvalue weighted by Crippen LogP contribution is 2.30. The largest absolute Gasteiger partial charge is 0.395 e. The number of aliphatic hydroxyl groups excluding tert-OH is 1. The Bertz CT molecular complexity index is 468. The molecule has 18 heavy (non-hydrogen) atoms. The first-order valence-electron chi connectivity index (χ1n) is 6.24. The second-order valence-corrected chi connectivity index (χ2v) is 6.71. The number of hydrogen-bond acceptors (Lipinski definition) is 3. The summed E-state index contributed by atoms with van der Waals surface area (Å²) in [5, 5.41) is 9.27. The lowest BCUT2D eigenvalue weighted by Crippen LogP contribution is -2.40. The molecule has 100 valence electrons. The second kappa shape index (κ2) is 5.82. The molecule has 2 rings (SSSR count). The molecule has 0 aliphatic heterocycles. The van der Waals surface area contributed by atoms with Crippen LogP contribution in [0.1, 0.15) is 18.4 Å². The molecule has 0 heterocycles.